The van der Waals surface area contributed by atoms with Crippen molar-refractivity contribution in [3.05, 3.63) is 0 Å². The van der Waals surface area contributed by atoms with E-state index in [0.29, 0.717) is 6.04 Å². The van der Waals surface area contributed by atoms with E-state index >= 15 is 0 Å². The van der Waals surface area contributed by atoms with Crippen LogP contribution in [0.3, 0.4) is 0 Å². The predicted octanol–water partition coefficient (Wildman–Crippen LogP) is 0.812. The zero-order chi connectivity index (χ0) is 10.8. The van der Waals surface area contributed by atoms with Crippen molar-refractivity contribution < 1.29 is 9.11 Å². The van der Waals surface area contributed by atoms with Crippen LogP contribution in [0.25, 0.3) is 0 Å². The molecule has 0 unspecified atom stereocenters. The molecule has 0 atom stereocenters. The fourth-order valence-corrected chi connectivity index (χ4v) is 2.78. The highest BCUT2D eigenvalue weighted by atomic mass is 32.3. The molecule has 6 heteroatoms. The number of hydrogen-bond donors (Lipinski definition) is 3. The number of nitrogens with one attached hydrogen (secondary N) is 1. The second kappa shape index (κ2) is 4.78. The maximum atomic E-state index is 9.85. The summed E-state index contributed by atoms with van der Waals surface area (Å²) in [6.45, 7) is 1.48. The van der Waals surface area contributed by atoms with E-state index < -0.39 is 11.0 Å². The lowest BCUT2D eigenvalue weighted by Crippen LogP contribution is -2.45. The average molecular weight is 223 g/mol. The Labute approximate surface area is 87.7 Å². The van der Waals surface area contributed by atoms with Gasteiger partial charge in [0.15, 0.2) is 0 Å². The summed E-state index contributed by atoms with van der Waals surface area (Å²) < 4.78 is 22.9. The lowest BCUT2D eigenvalue weighted by atomic mass is 10.1. The monoisotopic (exact) mass is 223 g/mol. The van der Waals surface area contributed by atoms with Crippen molar-refractivity contribution in [2.75, 3.05) is 34.2 Å². The summed E-state index contributed by atoms with van der Waals surface area (Å²) >= 11 is 0. The zero-order valence-electron chi connectivity index (χ0n) is 9.10. The van der Waals surface area contributed by atoms with E-state index in [9.17, 15) is 9.11 Å². The molecular weight excluding hydrogens is 202 g/mol. The third-order valence-electron chi connectivity index (χ3n) is 2.70. The van der Waals surface area contributed by atoms with Crippen molar-refractivity contribution in [2.24, 2.45) is 0 Å². The molecule has 1 aliphatic rings. The van der Waals surface area contributed by atoms with Gasteiger partial charge in [-0.3, -0.25) is 9.11 Å². The molecular formula is C8H21N3O2S. The van der Waals surface area contributed by atoms with E-state index in [1.165, 1.54) is 4.31 Å². The van der Waals surface area contributed by atoms with E-state index in [1.54, 1.807) is 18.4 Å². The molecule has 0 aliphatic carbocycles. The summed E-state index contributed by atoms with van der Waals surface area (Å²) in [5.74, 6) is 0. The van der Waals surface area contributed by atoms with E-state index in [1.807, 2.05) is 7.05 Å². The summed E-state index contributed by atoms with van der Waals surface area (Å²) in [7, 11) is 2.64. The van der Waals surface area contributed by atoms with Crippen molar-refractivity contribution in [3.8, 4) is 0 Å². The SMILES string of the molecule is CNC1CCN(S(O)(O)N(C)C)CC1. The second-order valence-electron chi connectivity index (χ2n) is 3.79. The first-order valence-electron chi connectivity index (χ1n) is 4.86. The van der Waals surface area contributed by atoms with E-state index in [4.69, 9.17) is 0 Å². The van der Waals surface area contributed by atoms with Crippen LogP contribution in [0.5, 0.6) is 0 Å². The molecule has 1 aliphatic heterocycles. The summed E-state index contributed by atoms with van der Waals surface area (Å²) in [6, 6.07) is 0.517. The molecule has 0 radical (unpaired) electrons. The highest BCUT2D eigenvalue weighted by Gasteiger charge is 2.29. The van der Waals surface area contributed by atoms with Gasteiger partial charge in [0.1, 0.15) is 0 Å². The lowest BCUT2D eigenvalue weighted by Gasteiger charge is -2.49. The van der Waals surface area contributed by atoms with Gasteiger partial charge in [-0.05, 0) is 19.9 Å². The molecule has 0 aromatic heterocycles. The fraction of sp³-hybridized carbons (Fsp3) is 1.00. The maximum absolute atomic E-state index is 9.85. The third kappa shape index (κ3) is 2.59. The maximum Gasteiger partial charge on any atom is 0.0206 e. The Morgan fingerprint density at radius 3 is 2.14 bits per heavy atom. The minimum atomic E-state index is -2.69. The molecule has 14 heavy (non-hydrogen) atoms. The Kier molecular flexibility index (Phi) is 4.17. The van der Waals surface area contributed by atoms with Crippen LogP contribution in [0.1, 0.15) is 12.8 Å². The van der Waals surface area contributed by atoms with Gasteiger partial charge in [0, 0.05) is 33.2 Å². The second-order valence-corrected chi connectivity index (χ2v) is 6.02. The Hall–Kier alpha value is 0.150. The molecule has 1 heterocycles. The molecule has 1 saturated heterocycles. The first-order chi connectivity index (χ1) is 6.48. The average Bonchev–Trinajstić information content (AvgIpc) is 2.17. The number of hydrogen-bond acceptors (Lipinski definition) is 5. The third-order valence-corrected chi connectivity index (χ3v) is 4.74. The van der Waals surface area contributed by atoms with Gasteiger partial charge in [-0.25, -0.2) is 0 Å². The van der Waals surface area contributed by atoms with Crippen LogP contribution in [-0.4, -0.2) is 58.0 Å². The molecule has 0 bridgehead atoms. The van der Waals surface area contributed by atoms with Crippen LogP contribution in [0.15, 0.2) is 0 Å². The minimum absolute atomic E-state index is 0.517. The van der Waals surface area contributed by atoms with Crippen molar-refractivity contribution in [1.29, 1.82) is 0 Å². The zero-order valence-corrected chi connectivity index (χ0v) is 9.92. The molecule has 0 aromatic rings. The van der Waals surface area contributed by atoms with Crippen molar-refractivity contribution in [1.82, 2.24) is 13.9 Å². The Morgan fingerprint density at radius 1 is 1.29 bits per heavy atom. The molecule has 3 N–H and O–H groups in total. The van der Waals surface area contributed by atoms with Gasteiger partial charge in [0.05, 0.1) is 0 Å². The summed E-state index contributed by atoms with van der Waals surface area (Å²) in [4.78, 5) is 0. The Morgan fingerprint density at radius 2 is 1.79 bits per heavy atom. The topological polar surface area (TPSA) is 59.0 Å². The van der Waals surface area contributed by atoms with Crippen LogP contribution in [0, 0.1) is 0 Å². The van der Waals surface area contributed by atoms with Crippen LogP contribution >= 0.6 is 11.0 Å². The van der Waals surface area contributed by atoms with Gasteiger partial charge in [-0.2, -0.15) is 8.61 Å². The number of rotatable bonds is 3. The summed E-state index contributed by atoms with van der Waals surface area (Å²) in [5, 5.41) is 3.21. The van der Waals surface area contributed by atoms with Crippen molar-refractivity contribution >= 4 is 11.0 Å². The van der Waals surface area contributed by atoms with Crippen LogP contribution in [0.2, 0.25) is 0 Å². The molecule has 1 rings (SSSR count). The fourth-order valence-electron chi connectivity index (χ4n) is 1.62. The van der Waals surface area contributed by atoms with Gasteiger partial charge in [-0.15, -0.1) is 0 Å². The summed E-state index contributed by atoms with van der Waals surface area (Å²) in [5.41, 5.74) is 0. The Balaban J connectivity index is 2.48. The molecule has 5 nitrogen and oxygen atoms in total. The van der Waals surface area contributed by atoms with E-state index in [-0.39, 0.29) is 0 Å². The predicted molar refractivity (Wildman–Crippen MR) is 60.2 cm³/mol. The van der Waals surface area contributed by atoms with Gasteiger partial charge >= 0.3 is 0 Å². The van der Waals surface area contributed by atoms with Gasteiger partial charge in [0.25, 0.3) is 0 Å². The normalized spacial score (nSPS) is 23.0. The highest BCUT2D eigenvalue weighted by Crippen LogP contribution is 2.45. The standard InChI is InChI=1S/C8H21N3O2S/c1-9-8-4-6-11(7-5-8)14(12,13)10(2)3/h8-9,12-13H,4-7H2,1-3H3. The van der Waals surface area contributed by atoms with Crippen LogP contribution < -0.4 is 5.32 Å². The van der Waals surface area contributed by atoms with Gasteiger partial charge < -0.3 is 5.32 Å². The van der Waals surface area contributed by atoms with E-state index in [0.717, 1.165) is 25.9 Å². The van der Waals surface area contributed by atoms with E-state index in [2.05, 4.69) is 5.32 Å². The Bertz CT molecular complexity index is 181. The molecule has 1 fully saturated rings. The van der Waals surface area contributed by atoms with Crippen molar-refractivity contribution in [2.45, 2.75) is 18.9 Å². The van der Waals surface area contributed by atoms with Gasteiger partial charge in [0.2, 0.25) is 0 Å². The molecule has 86 valence electrons. The first kappa shape index (κ1) is 12.2. The lowest BCUT2D eigenvalue weighted by molar-refractivity contribution is 0.247. The summed E-state index contributed by atoms with van der Waals surface area (Å²) in [6.07, 6.45) is 1.94. The molecule has 0 spiro atoms. The molecule has 0 saturated carbocycles. The molecule has 0 amide bonds. The quantitative estimate of drug-likeness (QED) is 0.661. The van der Waals surface area contributed by atoms with Crippen molar-refractivity contribution in [3.63, 3.8) is 0 Å². The van der Waals surface area contributed by atoms with Crippen LogP contribution in [-0.2, 0) is 0 Å². The number of nitrogens with zero attached hydrogens (tertiary/aromatic N) is 2. The number of piperidine rings is 1. The minimum Gasteiger partial charge on any atom is -0.317 e. The first-order valence-corrected chi connectivity index (χ1v) is 6.32. The largest absolute Gasteiger partial charge is 0.317 e. The highest BCUT2D eigenvalue weighted by molar-refractivity contribution is 8.20. The molecule has 0 aromatic carbocycles. The smallest absolute Gasteiger partial charge is 0.0206 e. The van der Waals surface area contributed by atoms with Gasteiger partial charge in [-0.1, -0.05) is 11.0 Å². The van der Waals surface area contributed by atoms with Crippen LogP contribution in [0.4, 0.5) is 0 Å².